The second kappa shape index (κ2) is 5.16. The number of alkyl halides is 1. The molecule has 2 aromatic carbocycles. The van der Waals surface area contributed by atoms with Gasteiger partial charge in [-0.3, -0.25) is 4.98 Å². The summed E-state index contributed by atoms with van der Waals surface area (Å²) in [6.07, 6.45) is 3.23. The molecule has 4 rings (SSSR count). The summed E-state index contributed by atoms with van der Waals surface area (Å²) in [5.74, 6) is 0. The van der Waals surface area contributed by atoms with Crippen LogP contribution in [0.3, 0.4) is 0 Å². The SMILES string of the molecule is ClC1CCCc2c1nc1ccccc1c2-c1ccccc1. The summed E-state index contributed by atoms with van der Waals surface area (Å²) in [5.41, 5.74) is 6.05. The molecule has 0 radical (unpaired) electrons. The van der Waals surface area contributed by atoms with E-state index in [4.69, 9.17) is 16.6 Å². The molecule has 1 aliphatic rings. The Morgan fingerprint density at radius 2 is 1.71 bits per heavy atom. The number of pyridine rings is 1. The number of hydrogen-bond donors (Lipinski definition) is 0. The number of benzene rings is 2. The fourth-order valence-electron chi connectivity index (χ4n) is 3.31. The number of aromatic nitrogens is 1. The van der Waals surface area contributed by atoms with Crippen LogP contribution in [0.5, 0.6) is 0 Å². The largest absolute Gasteiger partial charge is 0.251 e. The van der Waals surface area contributed by atoms with Gasteiger partial charge in [0.25, 0.3) is 0 Å². The van der Waals surface area contributed by atoms with E-state index in [0.717, 1.165) is 30.5 Å². The normalized spacial score (nSPS) is 17.7. The van der Waals surface area contributed by atoms with Gasteiger partial charge in [0.2, 0.25) is 0 Å². The van der Waals surface area contributed by atoms with E-state index in [-0.39, 0.29) is 5.38 Å². The van der Waals surface area contributed by atoms with Crippen molar-refractivity contribution < 1.29 is 0 Å². The van der Waals surface area contributed by atoms with Crippen molar-refractivity contribution in [2.24, 2.45) is 0 Å². The maximum atomic E-state index is 6.54. The highest BCUT2D eigenvalue weighted by Gasteiger charge is 2.24. The minimum atomic E-state index is 0.0424. The Kier molecular flexibility index (Phi) is 3.16. The van der Waals surface area contributed by atoms with Crippen LogP contribution >= 0.6 is 11.6 Å². The van der Waals surface area contributed by atoms with Crippen LogP contribution in [0.4, 0.5) is 0 Å². The van der Waals surface area contributed by atoms with Crippen molar-refractivity contribution in [3.63, 3.8) is 0 Å². The zero-order valence-electron chi connectivity index (χ0n) is 11.7. The summed E-state index contributed by atoms with van der Waals surface area (Å²) in [6, 6.07) is 19.0. The van der Waals surface area contributed by atoms with Crippen LogP contribution in [0, 0.1) is 0 Å². The van der Waals surface area contributed by atoms with Gasteiger partial charge in [-0.25, -0.2) is 0 Å². The third kappa shape index (κ3) is 2.13. The number of nitrogens with zero attached hydrogens (tertiary/aromatic N) is 1. The first kappa shape index (κ1) is 12.8. The third-order valence-electron chi connectivity index (χ3n) is 4.27. The smallest absolute Gasteiger partial charge is 0.0760 e. The first-order valence-corrected chi connectivity index (χ1v) is 7.89. The lowest BCUT2D eigenvalue weighted by Crippen LogP contribution is -2.10. The highest BCUT2D eigenvalue weighted by Crippen LogP contribution is 2.41. The molecule has 1 aliphatic carbocycles. The fraction of sp³-hybridized carbons (Fsp3) is 0.211. The third-order valence-corrected chi connectivity index (χ3v) is 4.69. The van der Waals surface area contributed by atoms with Crippen LogP contribution in [0.25, 0.3) is 22.0 Å². The van der Waals surface area contributed by atoms with Crippen LogP contribution in [-0.4, -0.2) is 4.98 Å². The average Bonchev–Trinajstić information content (AvgIpc) is 2.54. The van der Waals surface area contributed by atoms with Gasteiger partial charge in [-0.15, -0.1) is 11.6 Å². The Morgan fingerprint density at radius 3 is 2.57 bits per heavy atom. The highest BCUT2D eigenvalue weighted by atomic mass is 35.5. The molecule has 0 N–H and O–H groups in total. The molecule has 0 saturated carbocycles. The van der Waals surface area contributed by atoms with E-state index in [1.54, 1.807) is 0 Å². The van der Waals surface area contributed by atoms with Crippen molar-refractivity contribution in [2.75, 3.05) is 0 Å². The number of hydrogen-bond acceptors (Lipinski definition) is 1. The van der Waals surface area contributed by atoms with Crippen molar-refractivity contribution in [1.29, 1.82) is 0 Å². The first-order valence-electron chi connectivity index (χ1n) is 7.45. The molecular formula is C19H16ClN. The Balaban J connectivity index is 2.11. The van der Waals surface area contributed by atoms with Gasteiger partial charge in [-0.1, -0.05) is 48.5 Å². The molecule has 0 fully saturated rings. The van der Waals surface area contributed by atoms with Gasteiger partial charge in [0.15, 0.2) is 0 Å². The molecule has 1 atom stereocenters. The molecule has 2 heteroatoms. The van der Waals surface area contributed by atoms with E-state index in [2.05, 4.69) is 48.5 Å². The van der Waals surface area contributed by atoms with Crippen LogP contribution in [0.15, 0.2) is 54.6 Å². The van der Waals surface area contributed by atoms with Gasteiger partial charge in [-0.05, 0) is 42.0 Å². The molecule has 104 valence electrons. The van der Waals surface area contributed by atoms with E-state index in [1.807, 2.05) is 6.07 Å². The van der Waals surface area contributed by atoms with Crippen LogP contribution in [0.1, 0.15) is 29.5 Å². The van der Waals surface area contributed by atoms with Crippen LogP contribution < -0.4 is 0 Å². The highest BCUT2D eigenvalue weighted by molar-refractivity contribution is 6.21. The van der Waals surface area contributed by atoms with Gasteiger partial charge in [-0.2, -0.15) is 0 Å². The Bertz CT molecular complexity index is 795. The Hall–Kier alpha value is -1.86. The summed E-state index contributed by atoms with van der Waals surface area (Å²) in [7, 11) is 0. The first-order chi connectivity index (χ1) is 10.3. The maximum absolute atomic E-state index is 6.54. The Labute approximate surface area is 129 Å². The fourth-order valence-corrected chi connectivity index (χ4v) is 3.65. The lowest BCUT2D eigenvalue weighted by Gasteiger charge is -2.24. The topological polar surface area (TPSA) is 12.9 Å². The molecule has 0 saturated heterocycles. The summed E-state index contributed by atoms with van der Waals surface area (Å²) < 4.78 is 0. The summed E-state index contributed by atoms with van der Waals surface area (Å²) in [4.78, 5) is 4.85. The molecule has 1 nitrogen and oxygen atoms in total. The van der Waals surface area contributed by atoms with Crippen molar-refractivity contribution >= 4 is 22.5 Å². The summed E-state index contributed by atoms with van der Waals surface area (Å²) in [6.45, 7) is 0. The number of halogens is 1. The van der Waals surface area contributed by atoms with Gasteiger partial charge >= 0.3 is 0 Å². The van der Waals surface area contributed by atoms with E-state index in [1.165, 1.54) is 22.1 Å². The monoisotopic (exact) mass is 293 g/mol. The standard InChI is InChI=1S/C19H16ClN/c20-16-11-6-10-15-18(13-7-2-1-3-8-13)14-9-4-5-12-17(14)21-19(15)16/h1-5,7-9,12,16H,6,10-11H2. The molecule has 1 heterocycles. The van der Waals surface area contributed by atoms with Gasteiger partial charge < -0.3 is 0 Å². The predicted molar refractivity (Wildman–Crippen MR) is 88.7 cm³/mol. The van der Waals surface area contributed by atoms with Gasteiger partial charge in [0.05, 0.1) is 16.6 Å². The van der Waals surface area contributed by atoms with E-state index < -0.39 is 0 Å². The van der Waals surface area contributed by atoms with Crippen molar-refractivity contribution in [1.82, 2.24) is 4.98 Å². The van der Waals surface area contributed by atoms with Crippen molar-refractivity contribution in [3.8, 4) is 11.1 Å². The molecular weight excluding hydrogens is 278 g/mol. The van der Waals surface area contributed by atoms with Crippen LogP contribution in [-0.2, 0) is 6.42 Å². The molecule has 0 bridgehead atoms. The molecule has 21 heavy (non-hydrogen) atoms. The van der Waals surface area contributed by atoms with Crippen molar-refractivity contribution in [3.05, 3.63) is 65.9 Å². The minimum Gasteiger partial charge on any atom is -0.251 e. The van der Waals surface area contributed by atoms with E-state index in [0.29, 0.717) is 0 Å². The lowest BCUT2D eigenvalue weighted by molar-refractivity contribution is 0.654. The van der Waals surface area contributed by atoms with E-state index in [9.17, 15) is 0 Å². The summed E-state index contributed by atoms with van der Waals surface area (Å²) in [5, 5.41) is 1.27. The second-order valence-corrected chi connectivity index (χ2v) is 6.12. The number of rotatable bonds is 1. The quantitative estimate of drug-likeness (QED) is 0.538. The van der Waals surface area contributed by atoms with Crippen LogP contribution in [0.2, 0.25) is 0 Å². The summed E-state index contributed by atoms with van der Waals surface area (Å²) >= 11 is 6.54. The molecule has 1 aromatic heterocycles. The van der Waals surface area contributed by atoms with Gasteiger partial charge in [0.1, 0.15) is 0 Å². The molecule has 3 aromatic rings. The lowest BCUT2D eigenvalue weighted by atomic mass is 9.86. The van der Waals surface area contributed by atoms with Crippen molar-refractivity contribution in [2.45, 2.75) is 24.6 Å². The second-order valence-electron chi connectivity index (χ2n) is 5.59. The number of para-hydroxylation sites is 1. The zero-order chi connectivity index (χ0) is 14.2. The van der Waals surface area contributed by atoms with Gasteiger partial charge in [0, 0.05) is 5.39 Å². The molecule has 0 spiro atoms. The molecule has 0 aliphatic heterocycles. The molecule has 0 amide bonds. The average molecular weight is 294 g/mol. The molecule has 1 unspecified atom stereocenters. The predicted octanol–water partition coefficient (Wildman–Crippen LogP) is 5.52. The minimum absolute atomic E-state index is 0.0424. The zero-order valence-corrected chi connectivity index (χ0v) is 12.5. The Morgan fingerprint density at radius 1 is 0.952 bits per heavy atom. The number of fused-ring (bicyclic) bond motifs is 2. The maximum Gasteiger partial charge on any atom is 0.0760 e. The van der Waals surface area contributed by atoms with E-state index >= 15 is 0 Å².